The van der Waals surface area contributed by atoms with Crippen LogP contribution in [-0.2, 0) is 13.2 Å². The maximum absolute atomic E-state index is 12.9. The van der Waals surface area contributed by atoms with E-state index in [9.17, 15) is 4.79 Å². The number of nitrogens with zero attached hydrogens (tertiary/aromatic N) is 1. The second kappa shape index (κ2) is 14.4. The summed E-state index contributed by atoms with van der Waals surface area (Å²) in [6.07, 6.45) is 1.52. The fraction of sp³-hybridized carbons (Fsp3) is 0.133. The zero-order valence-electron chi connectivity index (χ0n) is 21.3. The lowest BCUT2D eigenvalue weighted by Crippen LogP contribution is -2.18. The van der Waals surface area contributed by atoms with Crippen molar-refractivity contribution in [2.45, 2.75) is 20.1 Å². The molecule has 0 heterocycles. The van der Waals surface area contributed by atoms with Gasteiger partial charge in [-0.15, -0.1) is 0 Å². The highest BCUT2D eigenvalue weighted by molar-refractivity contribution is 9.10. The second-order valence-electron chi connectivity index (χ2n) is 8.40. The molecule has 1 N–H and O–H groups in total. The van der Waals surface area contributed by atoms with E-state index >= 15 is 0 Å². The molecule has 0 bridgehead atoms. The number of ether oxygens (including phenoxy) is 3. The van der Waals surface area contributed by atoms with E-state index in [4.69, 9.17) is 49.0 Å². The van der Waals surface area contributed by atoms with Gasteiger partial charge in [0.1, 0.15) is 19.0 Å². The summed E-state index contributed by atoms with van der Waals surface area (Å²) in [5, 5.41) is 5.78. The van der Waals surface area contributed by atoms with Gasteiger partial charge < -0.3 is 14.2 Å². The molecule has 0 unspecified atom stereocenters. The van der Waals surface area contributed by atoms with Crippen LogP contribution in [0.4, 0.5) is 0 Å². The minimum Gasteiger partial charge on any atom is -0.490 e. The van der Waals surface area contributed by atoms with Crippen LogP contribution in [0, 0.1) is 0 Å². The quantitative estimate of drug-likeness (QED) is 0.129. The summed E-state index contributed by atoms with van der Waals surface area (Å²) < 4.78 is 18.4. The van der Waals surface area contributed by atoms with E-state index in [2.05, 4.69) is 26.5 Å². The number of nitrogens with one attached hydrogen (secondary N) is 1. The maximum atomic E-state index is 12.9. The molecule has 4 aromatic carbocycles. The molecule has 0 atom stereocenters. The molecule has 0 fully saturated rings. The number of amides is 1. The molecule has 206 valence electrons. The Morgan fingerprint density at radius 3 is 2.45 bits per heavy atom. The van der Waals surface area contributed by atoms with Crippen LogP contribution in [0.15, 0.2) is 88.4 Å². The highest BCUT2D eigenvalue weighted by atomic mass is 79.9. The lowest BCUT2D eigenvalue weighted by Gasteiger charge is -2.15. The fourth-order valence-corrected chi connectivity index (χ4v) is 4.90. The predicted molar refractivity (Wildman–Crippen MR) is 163 cm³/mol. The third kappa shape index (κ3) is 8.15. The Balaban J connectivity index is 1.43. The Morgan fingerprint density at radius 2 is 1.68 bits per heavy atom. The van der Waals surface area contributed by atoms with Gasteiger partial charge >= 0.3 is 0 Å². The standard InChI is InChI=1S/C30H24BrCl3N2O4/c1-2-38-28-14-20(13-25(31)29(28)40-17-19-6-5-7-22(32)12-19)16-35-36-30(37)24-8-3-4-9-27(24)39-18-21-10-11-23(33)15-26(21)34/h3-16H,2,17-18H2,1H3,(H,36,37)/b35-16-. The number of hydrogen-bond donors (Lipinski definition) is 1. The molecule has 0 aromatic heterocycles. The molecule has 0 saturated carbocycles. The van der Waals surface area contributed by atoms with E-state index in [0.29, 0.717) is 61.1 Å². The fourth-order valence-electron chi connectivity index (χ4n) is 3.65. The van der Waals surface area contributed by atoms with E-state index in [1.165, 1.54) is 6.21 Å². The number of rotatable bonds is 11. The number of carbonyl (C=O) groups is 1. The van der Waals surface area contributed by atoms with Crippen molar-refractivity contribution in [3.05, 3.63) is 121 Å². The summed E-state index contributed by atoms with van der Waals surface area (Å²) >= 11 is 21.8. The van der Waals surface area contributed by atoms with E-state index in [0.717, 1.165) is 11.1 Å². The topological polar surface area (TPSA) is 69.2 Å². The first-order valence-electron chi connectivity index (χ1n) is 12.2. The van der Waals surface area contributed by atoms with Crippen LogP contribution < -0.4 is 19.6 Å². The molecule has 4 rings (SSSR count). The zero-order chi connectivity index (χ0) is 28.5. The van der Waals surface area contributed by atoms with Crippen molar-refractivity contribution in [2.75, 3.05) is 6.61 Å². The minimum absolute atomic E-state index is 0.170. The van der Waals surface area contributed by atoms with Crippen LogP contribution in [-0.4, -0.2) is 18.7 Å². The van der Waals surface area contributed by atoms with Crippen LogP contribution in [0.3, 0.4) is 0 Å². The van der Waals surface area contributed by atoms with Gasteiger partial charge in [-0.1, -0.05) is 65.1 Å². The maximum Gasteiger partial charge on any atom is 0.275 e. The van der Waals surface area contributed by atoms with Crippen LogP contribution in [0.1, 0.15) is 34.0 Å². The molecule has 0 spiro atoms. The Bertz CT molecular complexity index is 1530. The van der Waals surface area contributed by atoms with Crippen LogP contribution in [0.2, 0.25) is 15.1 Å². The number of hydrogen-bond acceptors (Lipinski definition) is 5. The molecular formula is C30H24BrCl3N2O4. The third-order valence-corrected chi connectivity index (χ3v) is 6.92. The van der Waals surface area contributed by atoms with Crippen molar-refractivity contribution in [1.82, 2.24) is 5.43 Å². The first-order chi connectivity index (χ1) is 19.3. The van der Waals surface area contributed by atoms with Gasteiger partial charge in [0.25, 0.3) is 5.91 Å². The van der Waals surface area contributed by atoms with Crippen molar-refractivity contribution in [2.24, 2.45) is 5.10 Å². The van der Waals surface area contributed by atoms with Crippen LogP contribution in [0.5, 0.6) is 17.2 Å². The molecular weight excluding hydrogens is 639 g/mol. The van der Waals surface area contributed by atoms with Gasteiger partial charge in [-0.05, 0) is 82.5 Å². The van der Waals surface area contributed by atoms with E-state index < -0.39 is 5.91 Å². The Kier molecular flexibility index (Phi) is 10.7. The SMILES string of the molecule is CCOc1cc(/C=N\NC(=O)c2ccccc2OCc2ccc(Cl)cc2Cl)cc(Br)c1OCc1cccc(Cl)c1. The van der Waals surface area contributed by atoms with E-state index in [1.807, 2.05) is 37.3 Å². The molecule has 0 aliphatic heterocycles. The highest BCUT2D eigenvalue weighted by Gasteiger charge is 2.14. The number of hydrazone groups is 1. The molecule has 4 aromatic rings. The molecule has 0 aliphatic carbocycles. The number of halogens is 4. The lowest BCUT2D eigenvalue weighted by molar-refractivity contribution is 0.0950. The average Bonchev–Trinajstić information content (AvgIpc) is 2.92. The summed E-state index contributed by atoms with van der Waals surface area (Å²) in [5.74, 6) is 1.05. The molecule has 10 heteroatoms. The molecule has 40 heavy (non-hydrogen) atoms. The summed E-state index contributed by atoms with van der Waals surface area (Å²) in [6, 6.07) is 23.1. The second-order valence-corrected chi connectivity index (χ2v) is 10.5. The molecule has 0 aliphatic rings. The van der Waals surface area contributed by atoms with Gasteiger partial charge in [0.05, 0.1) is 22.9 Å². The summed E-state index contributed by atoms with van der Waals surface area (Å²) in [6.45, 7) is 2.81. The monoisotopic (exact) mass is 660 g/mol. The van der Waals surface area contributed by atoms with Crippen molar-refractivity contribution in [3.8, 4) is 17.2 Å². The largest absolute Gasteiger partial charge is 0.490 e. The summed E-state index contributed by atoms with van der Waals surface area (Å²) in [7, 11) is 0. The van der Waals surface area contributed by atoms with Gasteiger partial charge in [-0.25, -0.2) is 5.43 Å². The Morgan fingerprint density at radius 1 is 0.875 bits per heavy atom. The lowest BCUT2D eigenvalue weighted by atomic mass is 10.2. The average molecular weight is 663 g/mol. The summed E-state index contributed by atoms with van der Waals surface area (Å²) in [5.41, 5.74) is 5.23. The molecule has 6 nitrogen and oxygen atoms in total. The first-order valence-corrected chi connectivity index (χ1v) is 14.1. The number of benzene rings is 4. The smallest absolute Gasteiger partial charge is 0.275 e. The molecule has 0 radical (unpaired) electrons. The van der Waals surface area contributed by atoms with E-state index in [1.54, 1.807) is 48.5 Å². The Labute approximate surface area is 255 Å². The highest BCUT2D eigenvalue weighted by Crippen LogP contribution is 2.37. The van der Waals surface area contributed by atoms with Crippen LogP contribution >= 0.6 is 50.7 Å². The first kappa shape index (κ1) is 29.7. The van der Waals surface area contributed by atoms with Gasteiger partial charge in [-0.3, -0.25) is 4.79 Å². The van der Waals surface area contributed by atoms with Crippen molar-refractivity contribution < 1.29 is 19.0 Å². The minimum atomic E-state index is -0.431. The third-order valence-electron chi connectivity index (χ3n) is 5.51. The van der Waals surface area contributed by atoms with Crippen molar-refractivity contribution in [1.29, 1.82) is 0 Å². The van der Waals surface area contributed by atoms with Crippen LogP contribution in [0.25, 0.3) is 0 Å². The van der Waals surface area contributed by atoms with Gasteiger partial charge in [0.2, 0.25) is 0 Å². The number of carbonyl (C=O) groups excluding carboxylic acids is 1. The van der Waals surface area contributed by atoms with Gasteiger partial charge in [0, 0.05) is 20.6 Å². The zero-order valence-corrected chi connectivity index (χ0v) is 25.2. The normalized spacial score (nSPS) is 10.9. The summed E-state index contributed by atoms with van der Waals surface area (Å²) in [4.78, 5) is 12.9. The predicted octanol–water partition coefficient (Wildman–Crippen LogP) is 8.73. The van der Waals surface area contributed by atoms with Crippen molar-refractivity contribution in [3.63, 3.8) is 0 Å². The molecule has 1 amide bonds. The van der Waals surface area contributed by atoms with E-state index in [-0.39, 0.29) is 6.61 Å². The van der Waals surface area contributed by atoms with Crippen molar-refractivity contribution >= 4 is 62.9 Å². The van der Waals surface area contributed by atoms with Gasteiger partial charge in [-0.2, -0.15) is 5.10 Å². The van der Waals surface area contributed by atoms with Gasteiger partial charge in [0.15, 0.2) is 11.5 Å². The number of para-hydroxylation sites is 1. The Hall–Kier alpha value is -3.23. The molecule has 0 saturated heterocycles.